The maximum absolute atomic E-state index is 11.7. The van der Waals surface area contributed by atoms with Gasteiger partial charge in [0, 0.05) is 6.42 Å². The summed E-state index contributed by atoms with van der Waals surface area (Å²) in [7, 11) is 0. The van der Waals surface area contributed by atoms with Crippen molar-refractivity contribution in [1.82, 2.24) is 0 Å². The van der Waals surface area contributed by atoms with Crippen molar-refractivity contribution >= 4 is 5.97 Å². The summed E-state index contributed by atoms with van der Waals surface area (Å²) < 4.78 is 5.35. The fraction of sp³-hybridized carbons (Fsp3) is 0.824. The molecule has 0 unspecified atom stereocenters. The van der Waals surface area contributed by atoms with E-state index in [1.807, 2.05) is 20.8 Å². The van der Waals surface area contributed by atoms with Crippen molar-refractivity contribution in [3.8, 4) is 0 Å². The van der Waals surface area contributed by atoms with Crippen LogP contribution in [-0.4, -0.2) is 11.6 Å². The molecule has 0 fully saturated rings. The zero-order valence-corrected chi connectivity index (χ0v) is 13.9. The molecule has 0 aromatic rings. The van der Waals surface area contributed by atoms with Gasteiger partial charge < -0.3 is 4.74 Å². The standard InChI is InChI=1S/C17H32O2/c1-8-9-14(12-13-16(2,3)4)10-11-15(18)19-17(5,6)7/h12H,8-11,13H2,1-7H3/b14-12+. The Morgan fingerprint density at radius 1 is 1.00 bits per heavy atom. The van der Waals surface area contributed by atoms with Gasteiger partial charge in [0.1, 0.15) is 5.60 Å². The highest BCUT2D eigenvalue weighted by Crippen LogP contribution is 2.23. The van der Waals surface area contributed by atoms with Crippen LogP contribution >= 0.6 is 0 Å². The molecule has 0 heterocycles. The van der Waals surface area contributed by atoms with E-state index in [4.69, 9.17) is 4.74 Å². The first kappa shape index (κ1) is 18.2. The van der Waals surface area contributed by atoms with Crippen LogP contribution in [0.4, 0.5) is 0 Å². The molecule has 112 valence electrons. The molecule has 0 bridgehead atoms. The van der Waals surface area contributed by atoms with Gasteiger partial charge in [-0.1, -0.05) is 45.8 Å². The van der Waals surface area contributed by atoms with Crippen LogP contribution in [0.3, 0.4) is 0 Å². The van der Waals surface area contributed by atoms with E-state index >= 15 is 0 Å². The fourth-order valence-electron chi connectivity index (χ4n) is 1.76. The van der Waals surface area contributed by atoms with Gasteiger partial charge in [0.25, 0.3) is 0 Å². The van der Waals surface area contributed by atoms with Gasteiger partial charge in [-0.15, -0.1) is 0 Å². The third-order valence-corrected chi connectivity index (χ3v) is 2.64. The summed E-state index contributed by atoms with van der Waals surface area (Å²) >= 11 is 0. The third kappa shape index (κ3) is 12.0. The Labute approximate surface area is 119 Å². The van der Waals surface area contributed by atoms with Gasteiger partial charge in [0.05, 0.1) is 0 Å². The van der Waals surface area contributed by atoms with Crippen LogP contribution in [0.1, 0.15) is 80.6 Å². The van der Waals surface area contributed by atoms with E-state index in [0.717, 1.165) is 25.7 Å². The Bertz CT molecular complexity index is 300. The Morgan fingerprint density at radius 2 is 1.58 bits per heavy atom. The van der Waals surface area contributed by atoms with Crippen LogP contribution in [0.2, 0.25) is 0 Å². The zero-order chi connectivity index (χ0) is 15.1. The maximum Gasteiger partial charge on any atom is 0.306 e. The molecule has 0 aliphatic carbocycles. The third-order valence-electron chi connectivity index (χ3n) is 2.64. The van der Waals surface area contributed by atoms with Crippen molar-refractivity contribution < 1.29 is 9.53 Å². The molecule has 0 aliphatic heterocycles. The Balaban J connectivity index is 4.33. The molecule has 0 amide bonds. The van der Waals surface area contributed by atoms with E-state index in [-0.39, 0.29) is 11.6 Å². The lowest BCUT2D eigenvalue weighted by Crippen LogP contribution is -2.23. The number of carbonyl (C=O) groups excluding carboxylic acids is 1. The van der Waals surface area contributed by atoms with Crippen LogP contribution < -0.4 is 0 Å². The van der Waals surface area contributed by atoms with Gasteiger partial charge >= 0.3 is 5.97 Å². The monoisotopic (exact) mass is 268 g/mol. The van der Waals surface area contributed by atoms with Gasteiger partial charge in [-0.05, 0) is 45.4 Å². The van der Waals surface area contributed by atoms with Crippen molar-refractivity contribution in [1.29, 1.82) is 0 Å². The number of hydrogen-bond acceptors (Lipinski definition) is 2. The lowest BCUT2D eigenvalue weighted by Gasteiger charge is -2.20. The van der Waals surface area contributed by atoms with Crippen LogP contribution in [0, 0.1) is 5.41 Å². The lowest BCUT2D eigenvalue weighted by atomic mass is 9.90. The highest BCUT2D eigenvalue weighted by atomic mass is 16.6. The summed E-state index contributed by atoms with van der Waals surface area (Å²) in [5, 5.41) is 0. The van der Waals surface area contributed by atoms with Gasteiger partial charge in [-0.3, -0.25) is 4.79 Å². The second-order valence-electron chi connectivity index (χ2n) is 7.46. The molecule has 0 saturated carbocycles. The smallest absolute Gasteiger partial charge is 0.306 e. The summed E-state index contributed by atoms with van der Waals surface area (Å²) in [5.74, 6) is -0.0924. The quantitative estimate of drug-likeness (QED) is 0.484. The van der Waals surface area contributed by atoms with E-state index in [9.17, 15) is 4.79 Å². The summed E-state index contributed by atoms with van der Waals surface area (Å²) in [6.07, 6.45) is 6.92. The summed E-state index contributed by atoms with van der Waals surface area (Å²) in [4.78, 5) is 11.7. The number of esters is 1. The van der Waals surface area contributed by atoms with E-state index in [1.54, 1.807) is 0 Å². The van der Waals surface area contributed by atoms with E-state index in [1.165, 1.54) is 5.57 Å². The van der Waals surface area contributed by atoms with Gasteiger partial charge in [0.2, 0.25) is 0 Å². The minimum Gasteiger partial charge on any atom is -0.460 e. The summed E-state index contributed by atoms with van der Waals surface area (Å²) in [6.45, 7) is 14.6. The number of hydrogen-bond donors (Lipinski definition) is 0. The molecule has 0 spiro atoms. The van der Waals surface area contributed by atoms with Crippen molar-refractivity contribution in [2.24, 2.45) is 5.41 Å². The zero-order valence-electron chi connectivity index (χ0n) is 13.9. The van der Waals surface area contributed by atoms with Crippen LogP contribution in [0.25, 0.3) is 0 Å². The fourth-order valence-corrected chi connectivity index (χ4v) is 1.76. The molecule has 19 heavy (non-hydrogen) atoms. The highest BCUT2D eigenvalue weighted by Gasteiger charge is 2.16. The van der Waals surface area contributed by atoms with Gasteiger partial charge in [0.15, 0.2) is 0 Å². The molecule has 2 nitrogen and oxygen atoms in total. The second kappa shape index (κ2) is 7.72. The van der Waals surface area contributed by atoms with Crippen molar-refractivity contribution in [2.75, 3.05) is 0 Å². The number of allylic oxidation sites excluding steroid dienone is 2. The molecule has 0 atom stereocenters. The first-order valence-corrected chi connectivity index (χ1v) is 7.43. The predicted molar refractivity (Wildman–Crippen MR) is 82.1 cm³/mol. The number of rotatable bonds is 6. The molecule has 0 rings (SSSR count). The molecule has 0 aromatic heterocycles. The second-order valence-corrected chi connectivity index (χ2v) is 7.46. The Kier molecular flexibility index (Phi) is 7.39. The SMILES string of the molecule is CCC/C(=C\CC(C)(C)C)CCC(=O)OC(C)(C)C. The average Bonchev–Trinajstić information content (AvgIpc) is 2.18. The molecule has 0 aliphatic rings. The molecule has 0 N–H and O–H groups in total. The molecule has 2 heteroatoms. The first-order chi connectivity index (χ1) is 8.53. The average molecular weight is 268 g/mol. The summed E-state index contributed by atoms with van der Waals surface area (Å²) in [6, 6.07) is 0. The molecular formula is C17H32O2. The highest BCUT2D eigenvalue weighted by molar-refractivity contribution is 5.70. The van der Waals surface area contributed by atoms with Gasteiger partial charge in [-0.25, -0.2) is 0 Å². The molecule has 0 aromatic carbocycles. The van der Waals surface area contributed by atoms with Crippen molar-refractivity contribution in [2.45, 2.75) is 86.2 Å². The van der Waals surface area contributed by atoms with Crippen LogP contribution in [-0.2, 0) is 9.53 Å². The van der Waals surface area contributed by atoms with E-state index in [0.29, 0.717) is 11.8 Å². The van der Waals surface area contributed by atoms with Crippen molar-refractivity contribution in [3.63, 3.8) is 0 Å². The largest absolute Gasteiger partial charge is 0.460 e. The van der Waals surface area contributed by atoms with Crippen LogP contribution in [0.5, 0.6) is 0 Å². The lowest BCUT2D eigenvalue weighted by molar-refractivity contribution is -0.154. The number of carbonyl (C=O) groups is 1. The first-order valence-electron chi connectivity index (χ1n) is 7.43. The summed E-state index contributed by atoms with van der Waals surface area (Å²) in [5.41, 5.74) is 1.32. The minimum atomic E-state index is -0.378. The van der Waals surface area contributed by atoms with Crippen molar-refractivity contribution in [3.05, 3.63) is 11.6 Å². The van der Waals surface area contributed by atoms with E-state index in [2.05, 4.69) is 33.8 Å². The Hall–Kier alpha value is -0.790. The van der Waals surface area contributed by atoms with Gasteiger partial charge in [-0.2, -0.15) is 0 Å². The molecular weight excluding hydrogens is 236 g/mol. The number of ether oxygens (including phenoxy) is 1. The minimum absolute atomic E-state index is 0.0924. The maximum atomic E-state index is 11.7. The molecule has 0 radical (unpaired) electrons. The van der Waals surface area contributed by atoms with Crippen LogP contribution in [0.15, 0.2) is 11.6 Å². The Morgan fingerprint density at radius 3 is 2.00 bits per heavy atom. The van der Waals surface area contributed by atoms with E-state index < -0.39 is 0 Å². The predicted octanol–water partition coefficient (Wildman–Crippen LogP) is 5.27. The normalized spacial score (nSPS) is 13.5. The topological polar surface area (TPSA) is 26.3 Å². The molecule has 0 saturated heterocycles.